The van der Waals surface area contributed by atoms with Gasteiger partial charge in [-0.15, -0.1) is 0 Å². The lowest BCUT2D eigenvalue weighted by atomic mass is 10.0. The topological polar surface area (TPSA) is 53.5 Å². The fourth-order valence-corrected chi connectivity index (χ4v) is 3.53. The van der Waals surface area contributed by atoms with Crippen LogP contribution in [-0.4, -0.2) is 35.9 Å². The Morgan fingerprint density at radius 3 is 2.50 bits per heavy atom. The van der Waals surface area contributed by atoms with Crippen LogP contribution in [0, 0.1) is 5.92 Å². The summed E-state index contributed by atoms with van der Waals surface area (Å²) in [7, 11) is 0. The van der Waals surface area contributed by atoms with Gasteiger partial charge in [0.1, 0.15) is 5.69 Å². The highest BCUT2D eigenvalue weighted by atomic mass is 16.5. The average molecular weight is 443 g/mol. The Labute approximate surface area is 194 Å². The van der Waals surface area contributed by atoms with Crippen molar-refractivity contribution >= 4 is 0 Å². The third kappa shape index (κ3) is 9.99. The molecule has 1 aliphatic heterocycles. The second kappa shape index (κ2) is 15.6. The van der Waals surface area contributed by atoms with Crippen LogP contribution >= 0.6 is 0 Å². The van der Waals surface area contributed by atoms with Crippen molar-refractivity contribution in [1.29, 1.82) is 0 Å². The second-order valence-corrected chi connectivity index (χ2v) is 8.55. The largest absolute Gasteiger partial charge is 0.490 e. The van der Waals surface area contributed by atoms with Gasteiger partial charge < -0.3 is 14.2 Å². The molecule has 1 aromatic heterocycles. The molecule has 5 heteroatoms. The first-order valence-electron chi connectivity index (χ1n) is 12.4. The summed E-state index contributed by atoms with van der Waals surface area (Å²) in [6.45, 7) is 10.9. The van der Waals surface area contributed by atoms with Crippen LogP contribution in [0.4, 0.5) is 0 Å². The van der Waals surface area contributed by atoms with E-state index >= 15 is 0 Å². The van der Waals surface area contributed by atoms with Gasteiger partial charge in [0.25, 0.3) is 0 Å². The zero-order chi connectivity index (χ0) is 23.0. The van der Waals surface area contributed by atoms with E-state index in [1.54, 1.807) is 6.20 Å². The van der Waals surface area contributed by atoms with Crippen molar-refractivity contribution in [3.05, 3.63) is 36.5 Å². The van der Waals surface area contributed by atoms with Crippen LogP contribution in [-0.2, 0) is 4.74 Å². The minimum Gasteiger partial charge on any atom is -0.490 e. The third-order valence-electron chi connectivity index (χ3n) is 5.76. The number of unbranched alkanes of at least 4 members (excludes halogenated alkanes) is 2. The standard InChI is InChI=1S/C21H30N2O2.C6H12O/c1-4-17(3)12-8-7-11-15-25-21-22-16-19(24-5-2)20(23-21)18-13-9-6-10-14-18;1-6-4-2-3-5-7-6/h6,9-10,13-14,16-17H,4-5,7-8,11-12,15H2,1-3H3;6H,2-5H2,1H3. The molecule has 0 saturated carbocycles. The normalized spacial score (nSPS) is 16.6. The van der Waals surface area contributed by atoms with Gasteiger partial charge >= 0.3 is 6.01 Å². The zero-order valence-electron chi connectivity index (χ0n) is 20.5. The third-order valence-corrected chi connectivity index (χ3v) is 5.76. The monoisotopic (exact) mass is 442 g/mol. The molecule has 0 bridgehead atoms. The molecular formula is C27H42N2O3. The molecule has 2 unspecified atom stereocenters. The molecule has 0 aliphatic carbocycles. The van der Waals surface area contributed by atoms with Crippen LogP contribution < -0.4 is 9.47 Å². The molecule has 178 valence electrons. The molecule has 2 aromatic rings. The predicted octanol–water partition coefficient (Wildman–Crippen LogP) is 7.10. The molecule has 0 amide bonds. The Morgan fingerprint density at radius 2 is 1.88 bits per heavy atom. The lowest BCUT2D eigenvalue weighted by molar-refractivity contribution is 0.0285. The van der Waals surface area contributed by atoms with Gasteiger partial charge in [0.2, 0.25) is 0 Å². The van der Waals surface area contributed by atoms with Crippen LogP contribution in [0.25, 0.3) is 11.3 Å². The fraction of sp³-hybridized carbons (Fsp3) is 0.630. The minimum absolute atomic E-state index is 0.421. The maximum atomic E-state index is 5.76. The van der Waals surface area contributed by atoms with Gasteiger partial charge in [0, 0.05) is 12.2 Å². The van der Waals surface area contributed by atoms with E-state index < -0.39 is 0 Å². The van der Waals surface area contributed by atoms with Gasteiger partial charge in [-0.3, -0.25) is 0 Å². The molecule has 3 rings (SSSR count). The highest BCUT2D eigenvalue weighted by Gasteiger charge is 2.11. The molecule has 2 heterocycles. The number of aromatic nitrogens is 2. The molecular weight excluding hydrogens is 400 g/mol. The van der Waals surface area contributed by atoms with Crippen molar-refractivity contribution < 1.29 is 14.2 Å². The van der Waals surface area contributed by atoms with E-state index in [1.165, 1.54) is 44.9 Å². The lowest BCUT2D eigenvalue weighted by Crippen LogP contribution is -2.14. The van der Waals surface area contributed by atoms with E-state index in [4.69, 9.17) is 14.2 Å². The van der Waals surface area contributed by atoms with Crippen LogP contribution in [0.5, 0.6) is 11.8 Å². The van der Waals surface area contributed by atoms with Crippen LogP contribution in [0.1, 0.15) is 79.1 Å². The molecule has 32 heavy (non-hydrogen) atoms. The van der Waals surface area contributed by atoms with E-state index in [2.05, 4.69) is 30.7 Å². The van der Waals surface area contributed by atoms with Crippen molar-refractivity contribution in [2.24, 2.45) is 5.92 Å². The van der Waals surface area contributed by atoms with E-state index in [0.29, 0.717) is 31.1 Å². The first-order chi connectivity index (χ1) is 15.6. The molecule has 1 fully saturated rings. The van der Waals surface area contributed by atoms with Gasteiger partial charge in [0.05, 0.1) is 25.5 Å². The molecule has 0 spiro atoms. The smallest absolute Gasteiger partial charge is 0.317 e. The van der Waals surface area contributed by atoms with Crippen LogP contribution in [0.3, 0.4) is 0 Å². The maximum Gasteiger partial charge on any atom is 0.317 e. The Balaban J connectivity index is 0.000000439. The molecule has 0 N–H and O–H groups in total. The number of rotatable bonds is 11. The number of benzene rings is 1. The van der Waals surface area contributed by atoms with Crippen molar-refractivity contribution in [3.63, 3.8) is 0 Å². The summed E-state index contributed by atoms with van der Waals surface area (Å²) < 4.78 is 16.7. The first kappa shape index (κ1) is 26.1. The zero-order valence-corrected chi connectivity index (χ0v) is 20.5. The van der Waals surface area contributed by atoms with Gasteiger partial charge in [-0.05, 0) is 45.4 Å². The van der Waals surface area contributed by atoms with E-state index in [1.807, 2.05) is 37.3 Å². The molecule has 1 aromatic carbocycles. The van der Waals surface area contributed by atoms with Crippen molar-refractivity contribution in [3.8, 4) is 23.0 Å². The van der Waals surface area contributed by atoms with Gasteiger partial charge in [-0.1, -0.05) is 69.9 Å². The highest BCUT2D eigenvalue weighted by Crippen LogP contribution is 2.28. The molecule has 1 saturated heterocycles. The predicted molar refractivity (Wildman–Crippen MR) is 131 cm³/mol. The van der Waals surface area contributed by atoms with Gasteiger partial charge in [-0.2, -0.15) is 9.97 Å². The quantitative estimate of drug-likeness (QED) is 0.347. The van der Waals surface area contributed by atoms with Crippen molar-refractivity contribution in [2.75, 3.05) is 19.8 Å². The molecule has 5 nitrogen and oxygen atoms in total. The Bertz CT molecular complexity index is 733. The molecule has 0 radical (unpaired) electrons. The Kier molecular flexibility index (Phi) is 12.8. The number of ether oxygens (including phenoxy) is 3. The van der Waals surface area contributed by atoms with Crippen molar-refractivity contribution in [1.82, 2.24) is 9.97 Å². The summed E-state index contributed by atoms with van der Waals surface area (Å²) in [6, 6.07) is 10.4. The SMILES string of the molecule is CC1CCCCO1.CCOc1cnc(OCCCCCC(C)CC)nc1-c1ccccc1. The fourth-order valence-electron chi connectivity index (χ4n) is 3.53. The first-order valence-corrected chi connectivity index (χ1v) is 12.4. The summed E-state index contributed by atoms with van der Waals surface area (Å²) in [5.41, 5.74) is 1.79. The van der Waals surface area contributed by atoms with E-state index in [-0.39, 0.29) is 0 Å². The highest BCUT2D eigenvalue weighted by molar-refractivity contribution is 5.65. The summed E-state index contributed by atoms with van der Waals surface area (Å²) in [5.74, 6) is 1.51. The summed E-state index contributed by atoms with van der Waals surface area (Å²) in [5, 5.41) is 0. The van der Waals surface area contributed by atoms with Gasteiger partial charge in [0.15, 0.2) is 5.75 Å². The van der Waals surface area contributed by atoms with Crippen molar-refractivity contribution in [2.45, 2.75) is 85.2 Å². The summed E-state index contributed by atoms with van der Waals surface area (Å²) >= 11 is 0. The minimum atomic E-state index is 0.421. The van der Waals surface area contributed by atoms with Crippen LogP contribution in [0.2, 0.25) is 0 Å². The molecule has 2 atom stereocenters. The number of hydrogen-bond acceptors (Lipinski definition) is 5. The average Bonchev–Trinajstić information content (AvgIpc) is 2.83. The summed E-state index contributed by atoms with van der Waals surface area (Å²) in [6.07, 6.45) is 12.2. The Morgan fingerprint density at radius 1 is 1.06 bits per heavy atom. The van der Waals surface area contributed by atoms with Gasteiger partial charge in [-0.25, -0.2) is 0 Å². The van der Waals surface area contributed by atoms with E-state index in [0.717, 1.165) is 30.2 Å². The number of hydrogen-bond donors (Lipinski definition) is 0. The maximum absolute atomic E-state index is 5.76. The Hall–Kier alpha value is -2.14. The second-order valence-electron chi connectivity index (χ2n) is 8.55. The number of nitrogens with zero attached hydrogens (tertiary/aromatic N) is 2. The van der Waals surface area contributed by atoms with E-state index in [9.17, 15) is 0 Å². The lowest BCUT2D eigenvalue weighted by Gasteiger charge is -2.17. The van der Waals surface area contributed by atoms with Crippen LogP contribution in [0.15, 0.2) is 36.5 Å². The summed E-state index contributed by atoms with van der Waals surface area (Å²) in [4.78, 5) is 8.85. The molecule has 1 aliphatic rings.